The van der Waals surface area contributed by atoms with Gasteiger partial charge >= 0.3 is 0 Å². The summed E-state index contributed by atoms with van der Waals surface area (Å²) < 4.78 is 0. The SMILES string of the molecule is CC(=O)N1[C@@H]2CN(C(=O)CN3CCCCCC3)[C@@H]3CCC[C@H]1[C@]3(C)C2. The molecule has 140 valence electrons. The zero-order valence-electron chi connectivity index (χ0n) is 15.9. The van der Waals surface area contributed by atoms with Crippen molar-refractivity contribution in [1.82, 2.24) is 14.7 Å². The first kappa shape index (κ1) is 17.3. The topological polar surface area (TPSA) is 43.9 Å². The predicted molar refractivity (Wildman–Crippen MR) is 97.1 cm³/mol. The Hall–Kier alpha value is -1.10. The lowest BCUT2D eigenvalue weighted by atomic mass is 9.66. The highest BCUT2D eigenvalue weighted by molar-refractivity contribution is 5.80. The van der Waals surface area contributed by atoms with Crippen molar-refractivity contribution in [1.29, 1.82) is 0 Å². The van der Waals surface area contributed by atoms with E-state index in [0.717, 1.165) is 45.3 Å². The quantitative estimate of drug-likeness (QED) is 0.770. The van der Waals surface area contributed by atoms with E-state index < -0.39 is 0 Å². The lowest BCUT2D eigenvalue weighted by molar-refractivity contribution is -0.141. The van der Waals surface area contributed by atoms with E-state index in [1.54, 1.807) is 6.92 Å². The number of piperidine rings is 1. The van der Waals surface area contributed by atoms with Gasteiger partial charge in [0.25, 0.3) is 0 Å². The summed E-state index contributed by atoms with van der Waals surface area (Å²) in [5, 5.41) is 0. The summed E-state index contributed by atoms with van der Waals surface area (Å²) in [6, 6.07) is 0.894. The standard InChI is InChI=1S/C20H33N3O2/c1-15(24)23-16-12-20(2)17(8-7-9-18(20)23)22(13-16)19(25)14-21-10-5-3-4-6-11-21/h16-18H,3-14H2,1-2H3/t16-,17+,18-,20+/m0/s1. The highest BCUT2D eigenvalue weighted by Crippen LogP contribution is 2.54. The third kappa shape index (κ3) is 2.88. The molecule has 0 aromatic heterocycles. The number of rotatable bonds is 2. The van der Waals surface area contributed by atoms with Crippen molar-refractivity contribution in [2.75, 3.05) is 26.2 Å². The van der Waals surface area contributed by atoms with Crippen LogP contribution >= 0.6 is 0 Å². The molecule has 4 atom stereocenters. The number of fused-ring (bicyclic) bond motifs is 1. The van der Waals surface area contributed by atoms with Crippen molar-refractivity contribution < 1.29 is 9.59 Å². The lowest BCUT2D eigenvalue weighted by Crippen LogP contribution is -2.59. The number of likely N-dealkylation sites (tertiary alicyclic amines) is 3. The van der Waals surface area contributed by atoms with Gasteiger partial charge in [0.2, 0.25) is 11.8 Å². The Kier molecular flexibility index (Phi) is 4.55. The summed E-state index contributed by atoms with van der Waals surface area (Å²) in [5.41, 5.74) is 0.0985. The summed E-state index contributed by atoms with van der Waals surface area (Å²) in [4.78, 5) is 32.1. The molecule has 2 amide bonds. The van der Waals surface area contributed by atoms with Gasteiger partial charge in [-0.25, -0.2) is 0 Å². The van der Waals surface area contributed by atoms with E-state index in [0.29, 0.717) is 24.5 Å². The van der Waals surface area contributed by atoms with Gasteiger partial charge in [0.15, 0.2) is 0 Å². The molecule has 0 N–H and O–H groups in total. The maximum Gasteiger partial charge on any atom is 0.237 e. The van der Waals surface area contributed by atoms with E-state index in [-0.39, 0.29) is 17.4 Å². The van der Waals surface area contributed by atoms with Crippen LogP contribution in [0.2, 0.25) is 0 Å². The number of nitrogens with zero attached hydrogens (tertiary/aromatic N) is 3. The summed E-state index contributed by atoms with van der Waals surface area (Å²) >= 11 is 0. The van der Waals surface area contributed by atoms with Gasteiger partial charge in [-0.1, -0.05) is 19.8 Å². The van der Waals surface area contributed by atoms with E-state index in [2.05, 4.69) is 21.6 Å². The second-order valence-corrected chi connectivity index (χ2v) is 8.99. The molecule has 0 aromatic carbocycles. The molecule has 4 aliphatic rings. The predicted octanol–water partition coefficient (Wildman–Crippen LogP) is 2.25. The summed E-state index contributed by atoms with van der Waals surface area (Å²) in [7, 11) is 0. The molecule has 25 heavy (non-hydrogen) atoms. The summed E-state index contributed by atoms with van der Waals surface area (Å²) in [5.74, 6) is 0.495. The minimum atomic E-state index is 0.0985. The van der Waals surface area contributed by atoms with Crippen LogP contribution in [0.1, 0.15) is 65.2 Å². The van der Waals surface area contributed by atoms with Crippen LogP contribution in [-0.4, -0.2) is 70.8 Å². The highest BCUT2D eigenvalue weighted by Gasteiger charge is 2.61. The average Bonchev–Trinajstić information content (AvgIpc) is 2.67. The van der Waals surface area contributed by atoms with Gasteiger partial charge in [0.05, 0.1) is 12.6 Å². The molecule has 3 saturated heterocycles. The number of hydrogen-bond donors (Lipinski definition) is 0. The number of hydrogen-bond acceptors (Lipinski definition) is 3. The van der Waals surface area contributed by atoms with Crippen molar-refractivity contribution in [2.45, 2.75) is 83.3 Å². The Balaban J connectivity index is 1.53. The molecule has 5 heteroatoms. The first-order valence-electron chi connectivity index (χ1n) is 10.3. The third-order valence-corrected chi connectivity index (χ3v) is 7.41. The fourth-order valence-electron chi connectivity index (χ4n) is 6.32. The summed E-state index contributed by atoms with van der Waals surface area (Å²) in [6.07, 6.45) is 9.46. The Morgan fingerprint density at radius 3 is 2.36 bits per heavy atom. The molecule has 0 unspecified atom stereocenters. The van der Waals surface area contributed by atoms with Crippen LogP contribution in [0.15, 0.2) is 0 Å². The molecule has 1 aliphatic carbocycles. The monoisotopic (exact) mass is 347 g/mol. The summed E-state index contributed by atoms with van der Waals surface area (Å²) in [6.45, 7) is 7.49. The van der Waals surface area contributed by atoms with Gasteiger partial charge in [-0.15, -0.1) is 0 Å². The Morgan fingerprint density at radius 2 is 1.68 bits per heavy atom. The molecule has 0 radical (unpaired) electrons. The average molecular weight is 348 g/mol. The highest BCUT2D eigenvalue weighted by atomic mass is 16.2. The second-order valence-electron chi connectivity index (χ2n) is 8.99. The molecule has 3 heterocycles. The van der Waals surface area contributed by atoms with Crippen LogP contribution < -0.4 is 0 Å². The molecule has 1 saturated carbocycles. The first-order chi connectivity index (χ1) is 12.0. The fourth-order valence-corrected chi connectivity index (χ4v) is 6.32. The fraction of sp³-hybridized carbons (Fsp3) is 0.900. The largest absolute Gasteiger partial charge is 0.336 e. The number of carbonyl (C=O) groups excluding carboxylic acids is 2. The van der Waals surface area contributed by atoms with Crippen LogP contribution in [0.5, 0.6) is 0 Å². The molecule has 0 spiro atoms. The molecular weight excluding hydrogens is 314 g/mol. The van der Waals surface area contributed by atoms with Crippen molar-refractivity contribution in [2.24, 2.45) is 5.41 Å². The molecule has 3 aliphatic heterocycles. The smallest absolute Gasteiger partial charge is 0.237 e. The molecule has 4 rings (SSSR count). The van der Waals surface area contributed by atoms with Crippen LogP contribution in [0.3, 0.4) is 0 Å². The minimum Gasteiger partial charge on any atom is -0.336 e. The van der Waals surface area contributed by atoms with E-state index in [4.69, 9.17) is 0 Å². The van der Waals surface area contributed by atoms with Gasteiger partial charge in [0.1, 0.15) is 0 Å². The second kappa shape index (κ2) is 6.57. The van der Waals surface area contributed by atoms with Gasteiger partial charge < -0.3 is 9.80 Å². The van der Waals surface area contributed by atoms with Crippen LogP contribution in [-0.2, 0) is 9.59 Å². The van der Waals surface area contributed by atoms with E-state index >= 15 is 0 Å². The first-order valence-corrected chi connectivity index (χ1v) is 10.3. The third-order valence-electron chi connectivity index (χ3n) is 7.41. The Morgan fingerprint density at radius 1 is 1.00 bits per heavy atom. The van der Waals surface area contributed by atoms with Crippen molar-refractivity contribution in [3.05, 3.63) is 0 Å². The normalized spacial score (nSPS) is 38.6. The van der Waals surface area contributed by atoms with Crippen LogP contribution in [0.4, 0.5) is 0 Å². The lowest BCUT2D eigenvalue weighted by Gasteiger charge is -2.50. The van der Waals surface area contributed by atoms with E-state index in [1.165, 1.54) is 25.7 Å². The minimum absolute atomic E-state index is 0.0985. The van der Waals surface area contributed by atoms with Crippen molar-refractivity contribution in [3.8, 4) is 0 Å². The number of amides is 2. The molecule has 2 bridgehead atoms. The maximum absolute atomic E-state index is 13.2. The molecule has 4 fully saturated rings. The van der Waals surface area contributed by atoms with Crippen LogP contribution in [0, 0.1) is 5.41 Å². The van der Waals surface area contributed by atoms with Crippen LogP contribution in [0.25, 0.3) is 0 Å². The molecule has 0 aromatic rings. The van der Waals surface area contributed by atoms with E-state index in [9.17, 15) is 9.59 Å². The Bertz CT molecular complexity index is 543. The molecular formula is C20H33N3O2. The van der Waals surface area contributed by atoms with Gasteiger partial charge in [-0.05, 0) is 51.6 Å². The zero-order chi connectivity index (χ0) is 17.6. The van der Waals surface area contributed by atoms with Gasteiger partial charge in [0, 0.05) is 31.0 Å². The van der Waals surface area contributed by atoms with Gasteiger partial charge in [-0.2, -0.15) is 0 Å². The Labute approximate surface area is 151 Å². The maximum atomic E-state index is 13.2. The van der Waals surface area contributed by atoms with Crippen molar-refractivity contribution in [3.63, 3.8) is 0 Å². The zero-order valence-corrected chi connectivity index (χ0v) is 15.9. The van der Waals surface area contributed by atoms with E-state index in [1.807, 2.05) is 0 Å². The number of carbonyl (C=O) groups is 2. The molecule has 5 nitrogen and oxygen atoms in total. The van der Waals surface area contributed by atoms with Gasteiger partial charge in [-0.3, -0.25) is 14.5 Å². The van der Waals surface area contributed by atoms with Crippen molar-refractivity contribution >= 4 is 11.8 Å².